The second-order valence-corrected chi connectivity index (χ2v) is 5.28. The molecule has 15 heavy (non-hydrogen) atoms. The SMILES string of the molecule is C1CC[N+](=C2CCCC2)CC1.NC(=S)[S-]. The Kier molecular flexibility index (Phi) is 6.10. The third-order valence-corrected chi connectivity index (χ3v) is 2.98. The molecule has 1 saturated carbocycles. The second kappa shape index (κ2) is 7.12. The van der Waals surface area contributed by atoms with Crippen LogP contribution in [-0.4, -0.2) is 27.7 Å². The summed E-state index contributed by atoms with van der Waals surface area (Å²) in [6.07, 6.45) is 10.0. The highest BCUT2D eigenvalue weighted by molar-refractivity contribution is 8.00. The Labute approximate surface area is 103 Å². The summed E-state index contributed by atoms with van der Waals surface area (Å²) in [5.74, 6) is 0. The Hall–Kier alpha value is -0.220. The lowest BCUT2D eigenvalue weighted by molar-refractivity contribution is -0.539. The molecule has 1 aliphatic carbocycles. The monoisotopic (exact) mass is 244 g/mol. The fraction of sp³-hybridized carbons (Fsp3) is 0.818. The molecule has 1 heterocycles. The first-order valence-electron chi connectivity index (χ1n) is 5.76. The fourth-order valence-corrected chi connectivity index (χ4v) is 2.31. The van der Waals surface area contributed by atoms with E-state index in [1.165, 1.54) is 58.0 Å². The summed E-state index contributed by atoms with van der Waals surface area (Å²) in [6, 6.07) is 0. The van der Waals surface area contributed by atoms with Crippen molar-refractivity contribution in [1.82, 2.24) is 0 Å². The number of hydrogen-bond donors (Lipinski definition) is 1. The second-order valence-electron chi connectivity index (χ2n) is 4.14. The number of nitrogens with zero attached hydrogens (tertiary/aromatic N) is 1. The van der Waals surface area contributed by atoms with Crippen LogP contribution >= 0.6 is 12.2 Å². The molecule has 2 rings (SSSR count). The Bertz CT molecular complexity index is 229. The van der Waals surface area contributed by atoms with E-state index in [0.717, 1.165) is 0 Å². The van der Waals surface area contributed by atoms with Gasteiger partial charge in [0.1, 0.15) is 13.1 Å². The van der Waals surface area contributed by atoms with Crippen LogP contribution in [0.3, 0.4) is 0 Å². The molecule has 2 nitrogen and oxygen atoms in total. The first kappa shape index (κ1) is 12.8. The van der Waals surface area contributed by atoms with E-state index < -0.39 is 0 Å². The maximum atomic E-state index is 4.66. The van der Waals surface area contributed by atoms with Crippen molar-refractivity contribution in [3.05, 3.63) is 0 Å². The lowest BCUT2D eigenvalue weighted by Crippen LogP contribution is -2.25. The minimum Gasteiger partial charge on any atom is -0.415 e. The Morgan fingerprint density at radius 1 is 1.07 bits per heavy atom. The van der Waals surface area contributed by atoms with Gasteiger partial charge < -0.3 is 30.6 Å². The van der Waals surface area contributed by atoms with Gasteiger partial charge in [0, 0.05) is 25.7 Å². The molecular weight excluding hydrogens is 224 g/mol. The summed E-state index contributed by atoms with van der Waals surface area (Å²) in [5, 5.41) is 0. The predicted octanol–water partition coefficient (Wildman–Crippen LogP) is 1.97. The van der Waals surface area contributed by atoms with Gasteiger partial charge in [-0.1, -0.05) is 4.32 Å². The molecule has 2 aliphatic rings. The van der Waals surface area contributed by atoms with Gasteiger partial charge in [-0.2, -0.15) is 0 Å². The van der Waals surface area contributed by atoms with Crippen LogP contribution in [0.5, 0.6) is 0 Å². The topological polar surface area (TPSA) is 29.0 Å². The largest absolute Gasteiger partial charge is 0.415 e. The van der Waals surface area contributed by atoms with Crippen molar-refractivity contribution in [3.63, 3.8) is 0 Å². The lowest BCUT2D eigenvalue weighted by Gasteiger charge is -2.11. The van der Waals surface area contributed by atoms with Crippen molar-refractivity contribution in [3.8, 4) is 0 Å². The van der Waals surface area contributed by atoms with Gasteiger partial charge in [-0.25, -0.2) is 4.58 Å². The van der Waals surface area contributed by atoms with E-state index in [9.17, 15) is 0 Å². The lowest BCUT2D eigenvalue weighted by atomic mass is 10.1. The van der Waals surface area contributed by atoms with Crippen LogP contribution in [0, 0.1) is 0 Å². The summed E-state index contributed by atoms with van der Waals surface area (Å²) in [7, 11) is 0. The smallest absolute Gasteiger partial charge is 0.152 e. The molecule has 0 aromatic heterocycles. The highest BCUT2D eigenvalue weighted by Crippen LogP contribution is 2.16. The number of thiocarbonyl (C=S) groups is 1. The van der Waals surface area contributed by atoms with E-state index in [-0.39, 0.29) is 4.32 Å². The van der Waals surface area contributed by atoms with Crippen LogP contribution in [0.4, 0.5) is 0 Å². The predicted molar refractivity (Wildman–Crippen MR) is 71.5 cm³/mol. The van der Waals surface area contributed by atoms with Crippen LogP contribution < -0.4 is 5.73 Å². The minimum atomic E-state index is 0.0833. The molecule has 0 radical (unpaired) electrons. The highest BCUT2D eigenvalue weighted by Gasteiger charge is 2.20. The zero-order valence-corrected chi connectivity index (χ0v) is 10.8. The number of piperidine rings is 1. The molecule has 0 spiro atoms. The average molecular weight is 244 g/mol. The number of rotatable bonds is 0. The molecule has 1 saturated heterocycles. The molecule has 1 aliphatic heterocycles. The van der Waals surface area contributed by atoms with Crippen LogP contribution in [0.2, 0.25) is 0 Å². The quantitative estimate of drug-likeness (QED) is 0.401. The van der Waals surface area contributed by atoms with Gasteiger partial charge in [-0.05, 0) is 19.3 Å². The molecule has 0 bridgehead atoms. The van der Waals surface area contributed by atoms with Crippen molar-refractivity contribution in [2.75, 3.05) is 13.1 Å². The molecule has 0 atom stereocenters. The van der Waals surface area contributed by atoms with E-state index in [1.54, 1.807) is 5.71 Å². The molecular formula is C11H20N2S2. The van der Waals surface area contributed by atoms with E-state index in [0.29, 0.717) is 0 Å². The highest BCUT2D eigenvalue weighted by atomic mass is 32.1. The molecule has 0 aromatic carbocycles. The maximum Gasteiger partial charge on any atom is 0.152 e. The van der Waals surface area contributed by atoms with Crippen LogP contribution in [0.1, 0.15) is 44.9 Å². The number of nitrogens with two attached hydrogens (primary N) is 1. The Balaban J connectivity index is 0.000000245. The van der Waals surface area contributed by atoms with Gasteiger partial charge in [0.2, 0.25) is 0 Å². The minimum absolute atomic E-state index is 0.0833. The van der Waals surface area contributed by atoms with Crippen molar-refractivity contribution >= 4 is 34.9 Å². The van der Waals surface area contributed by atoms with Crippen LogP contribution in [0.15, 0.2) is 0 Å². The van der Waals surface area contributed by atoms with Gasteiger partial charge in [-0.3, -0.25) is 0 Å². The summed E-state index contributed by atoms with van der Waals surface area (Å²) < 4.78 is 2.73. The fourth-order valence-electron chi connectivity index (χ4n) is 2.31. The molecule has 2 fully saturated rings. The zero-order chi connectivity index (χ0) is 11.1. The molecule has 4 heteroatoms. The van der Waals surface area contributed by atoms with E-state index in [2.05, 4.69) is 35.2 Å². The molecule has 0 aromatic rings. The van der Waals surface area contributed by atoms with Gasteiger partial charge >= 0.3 is 0 Å². The average Bonchev–Trinajstić information content (AvgIpc) is 2.71. The van der Waals surface area contributed by atoms with E-state index in [1.807, 2.05) is 0 Å². The van der Waals surface area contributed by atoms with Crippen molar-refractivity contribution < 1.29 is 4.58 Å². The Morgan fingerprint density at radius 2 is 1.53 bits per heavy atom. The summed E-state index contributed by atoms with van der Waals surface area (Å²) in [4.78, 5) is 0. The summed E-state index contributed by atoms with van der Waals surface area (Å²) >= 11 is 8.26. The number of hydrogen-bond acceptors (Lipinski definition) is 2. The molecule has 86 valence electrons. The van der Waals surface area contributed by atoms with Crippen LogP contribution in [0.25, 0.3) is 0 Å². The molecule has 0 unspecified atom stereocenters. The van der Waals surface area contributed by atoms with E-state index >= 15 is 0 Å². The third kappa shape index (κ3) is 5.42. The van der Waals surface area contributed by atoms with Gasteiger partial charge in [-0.15, -0.1) is 0 Å². The van der Waals surface area contributed by atoms with Gasteiger partial charge in [0.25, 0.3) is 0 Å². The van der Waals surface area contributed by atoms with Gasteiger partial charge in [0.15, 0.2) is 5.71 Å². The first-order chi connectivity index (χ1) is 7.20. The molecule has 0 amide bonds. The third-order valence-electron chi connectivity index (χ3n) is 2.98. The zero-order valence-electron chi connectivity index (χ0n) is 9.21. The Morgan fingerprint density at radius 3 is 2.00 bits per heavy atom. The normalized spacial score (nSPS) is 20.8. The van der Waals surface area contributed by atoms with Crippen LogP contribution in [-0.2, 0) is 12.6 Å². The standard InChI is InChI=1S/C10H18N.CH3NS2/c1-4-8-11(9-5-1)10-6-2-3-7-10;2-1(3)4/h1-9H2;(H3,2,3,4)/q+1;/p-1. The van der Waals surface area contributed by atoms with Crippen molar-refractivity contribution in [1.29, 1.82) is 0 Å². The van der Waals surface area contributed by atoms with Gasteiger partial charge in [0.05, 0.1) is 0 Å². The van der Waals surface area contributed by atoms with Crippen molar-refractivity contribution in [2.45, 2.75) is 44.9 Å². The summed E-state index contributed by atoms with van der Waals surface area (Å²) in [6.45, 7) is 2.71. The van der Waals surface area contributed by atoms with Crippen molar-refractivity contribution in [2.24, 2.45) is 5.73 Å². The molecule has 2 N–H and O–H groups in total. The summed E-state index contributed by atoms with van der Waals surface area (Å²) in [5.41, 5.74) is 6.43. The maximum absolute atomic E-state index is 4.66. The first-order valence-corrected chi connectivity index (χ1v) is 6.58. The van der Waals surface area contributed by atoms with E-state index in [4.69, 9.17) is 0 Å².